The second kappa shape index (κ2) is 10.3. The average Bonchev–Trinajstić information content (AvgIpc) is 2.37. The van der Waals surface area contributed by atoms with E-state index in [1.54, 1.807) is 6.07 Å². The van der Waals surface area contributed by atoms with E-state index >= 15 is 0 Å². The Hall–Kier alpha value is -0.630. The van der Waals surface area contributed by atoms with Crippen LogP contribution in [-0.2, 0) is 0 Å². The van der Waals surface area contributed by atoms with E-state index in [2.05, 4.69) is 13.0 Å². The summed E-state index contributed by atoms with van der Waals surface area (Å²) in [6, 6.07) is 7.54. The molecule has 0 radical (unpaired) electrons. The van der Waals surface area contributed by atoms with Gasteiger partial charge >= 0.3 is 0 Å². The van der Waals surface area contributed by atoms with E-state index < -0.39 is 0 Å². The highest BCUT2D eigenvalue weighted by molar-refractivity contribution is 7.99. The molecule has 0 saturated heterocycles. The van der Waals surface area contributed by atoms with Gasteiger partial charge in [-0.05, 0) is 30.4 Å². The van der Waals surface area contributed by atoms with Crippen molar-refractivity contribution in [2.75, 3.05) is 5.75 Å². The summed E-state index contributed by atoms with van der Waals surface area (Å²) < 4.78 is 0. The molecule has 1 aromatic carbocycles. The average molecular weight is 266 g/mol. The highest BCUT2D eigenvalue weighted by Crippen LogP contribution is 2.23. The van der Waals surface area contributed by atoms with Crippen LogP contribution >= 0.6 is 11.8 Å². The molecule has 0 unspecified atom stereocenters. The molecule has 1 nitrogen and oxygen atoms in total. The van der Waals surface area contributed by atoms with Gasteiger partial charge in [0.05, 0.1) is 0 Å². The van der Waals surface area contributed by atoms with E-state index in [1.165, 1.54) is 62.0 Å². The van der Waals surface area contributed by atoms with Crippen molar-refractivity contribution in [3.63, 3.8) is 0 Å². The van der Waals surface area contributed by atoms with Gasteiger partial charge < -0.3 is 5.11 Å². The van der Waals surface area contributed by atoms with Crippen LogP contribution in [0.4, 0.5) is 0 Å². The smallest absolute Gasteiger partial charge is 0.116 e. The molecule has 1 aromatic rings. The van der Waals surface area contributed by atoms with E-state index in [-0.39, 0.29) is 0 Å². The third-order valence-corrected chi connectivity index (χ3v) is 4.16. The number of rotatable bonds is 10. The van der Waals surface area contributed by atoms with Gasteiger partial charge in [-0.3, -0.25) is 0 Å². The molecule has 2 heteroatoms. The number of phenolic OH excluding ortho intramolecular Hbond substituents is 1. The lowest BCUT2D eigenvalue weighted by Gasteiger charge is -2.03. The Labute approximate surface area is 116 Å². The summed E-state index contributed by atoms with van der Waals surface area (Å²) in [5, 5.41) is 9.34. The van der Waals surface area contributed by atoms with E-state index in [0.717, 1.165) is 0 Å². The van der Waals surface area contributed by atoms with Crippen LogP contribution in [0.2, 0.25) is 0 Å². The first-order valence-electron chi connectivity index (χ1n) is 7.24. The van der Waals surface area contributed by atoms with Crippen molar-refractivity contribution < 1.29 is 5.11 Å². The van der Waals surface area contributed by atoms with Crippen molar-refractivity contribution in [1.82, 2.24) is 0 Å². The Bertz CT molecular complexity index is 312. The second-order valence-corrected chi connectivity index (χ2v) is 5.99. The Morgan fingerprint density at radius 3 is 2.28 bits per heavy atom. The second-order valence-electron chi connectivity index (χ2n) is 4.82. The fraction of sp³-hybridized carbons (Fsp3) is 0.625. The van der Waals surface area contributed by atoms with E-state index in [4.69, 9.17) is 0 Å². The van der Waals surface area contributed by atoms with Gasteiger partial charge in [0.15, 0.2) is 0 Å². The van der Waals surface area contributed by atoms with E-state index in [0.29, 0.717) is 5.75 Å². The maximum atomic E-state index is 9.34. The minimum atomic E-state index is 0.371. The molecular weight excluding hydrogens is 240 g/mol. The molecule has 1 rings (SSSR count). The molecule has 0 spiro atoms. The Morgan fingerprint density at radius 1 is 0.944 bits per heavy atom. The molecule has 0 amide bonds. The summed E-state index contributed by atoms with van der Waals surface area (Å²) >= 11 is 1.85. The summed E-state index contributed by atoms with van der Waals surface area (Å²) in [4.78, 5) is 1.18. The number of thioether (sulfide) groups is 1. The summed E-state index contributed by atoms with van der Waals surface area (Å²) in [5.41, 5.74) is 0. The van der Waals surface area contributed by atoms with Crippen molar-refractivity contribution in [1.29, 1.82) is 0 Å². The maximum Gasteiger partial charge on any atom is 0.116 e. The zero-order valence-corrected chi connectivity index (χ0v) is 12.3. The van der Waals surface area contributed by atoms with Crippen molar-refractivity contribution in [3.8, 4) is 5.75 Å². The Kier molecular flexibility index (Phi) is 8.83. The van der Waals surface area contributed by atoms with Gasteiger partial charge in [0.2, 0.25) is 0 Å². The predicted octanol–water partition coefficient (Wildman–Crippen LogP) is 5.63. The van der Waals surface area contributed by atoms with Crippen LogP contribution in [0.25, 0.3) is 0 Å². The minimum Gasteiger partial charge on any atom is -0.508 e. The standard InChI is InChI=1S/C16H26OS/c1-2-3-4-5-6-7-8-9-13-18-16-12-10-11-15(17)14-16/h10-12,14,17H,2-9,13H2,1H3. The lowest BCUT2D eigenvalue weighted by molar-refractivity contribution is 0.474. The van der Waals surface area contributed by atoms with Gasteiger partial charge in [0.25, 0.3) is 0 Å². The Balaban J connectivity index is 1.92. The molecule has 18 heavy (non-hydrogen) atoms. The van der Waals surface area contributed by atoms with Gasteiger partial charge in [-0.1, -0.05) is 57.9 Å². The van der Waals surface area contributed by atoms with Gasteiger partial charge in [0.1, 0.15) is 5.75 Å². The van der Waals surface area contributed by atoms with Crippen molar-refractivity contribution in [2.45, 2.75) is 63.2 Å². The monoisotopic (exact) mass is 266 g/mol. The lowest BCUT2D eigenvalue weighted by atomic mass is 10.1. The van der Waals surface area contributed by atoms with Crippen LogP contribution in [0.3, 0.4) is 0 Å². The Morgan fingerprint density at radius 2 is 1.61 bits per heavy atom. The molecule has 0 fully saturated rings. The molecule has 0 aromatic heterocycles. The first-order valence-corrected chi connectivity index (χ1v) is 8.23. The summed E-state index contributed by atoms with van der Waals surface area (Å²) in [6.07, 6.45) is 11.0. The van der Waals surface area contributed by atoms with Crippen LogP contribution in [-0.4, -0.2) is 10.9 Å². The van der Waals surface area contributed by atoms with Crippen LogP contribution in [0.1, 0.15) is 58.3 Å². The normalized spacial score (nSPS) is 10.7. The number of aromatic hydroxyl groups is 1. The number of hydrogen-bond acceptors (Lipinski definition) is 2. The van der Waals surface area contributed by atoms with Crippen LogP contribution in [0.5, 0.6) is 5.75 Å². The van der Waals surface area contributed by atoms with Crippen molar-refractivity contribution in [2.24, 2.45) is 0 Å². The van der Waals surface area contributed by atoms with Gasteiger partial charge in [-0.25, -0.2) is 0 Å². The van der Waals surface area contributed by atoms with Crippen LogP contribution < -0.4 is 0 Å². The molecular formula is C16H26OS. The molecule has 0 atom stereocenters. The fourth-order valence-electron chi connectivity index (χ4n) is 2.00. The highest BCUT2D eigenvalue weighted by Gasteiger charge is 1.96. The molecule has 0 bridgehead atoms. The minimum absolute atomic E-state index is 0.371. The van der Waals surface area contributed by atoms with E-state index in [1.807, 2.05) is 23.9 Å². The van der Waals surface area contributed by atoms with Crippen LogP contribution in [0, 0.1) is 0 Å². The molecule has 0 aliphatic heterocycles. The maximum absolute atomic E-state index is 9.34. The molecule has 1 N–H and O–H groups in total. The number of benzene rings is 1. The molecule has 0 aliphatic rings. The first-order chi connectivity index (χ1) is 8.83. The zero-order valence-electron chi connectivity index (χ0n) is 11.5. The molecule has 0 heterocycles. The lowest BCUT2D eigenvalue weighted by Crippen LogP contribution is -1.83. The summed E-state index contributed by atoms with van der Waals surface area (Å²) in [7, 11) is 0. The summed E-state index contributed by atoms with van der Waals surface area (Å²) in [6.45, 7) is 2.26. The third kappa shape index (κ3) is 7.65. The highest BCUT2D eigenvalue weighted by atomic mass is 32.2. The van der Waals surface area contributed by atoms with Crippen molar-refractivity contribution >= 4 is 11.8 Å². The third-order valence-electron chi connectivity index (χ3n) is 3.08. The SMILES string of the molecule is CCCCCCCCCCSc1cccc(O)c1. The van der Waals surface area contributed by atoms with Gasteiger partial charge in [-0.2, -0.15) is 0 Å². The van der Waals surface area contributed by atoms with Gasteiger partial charge in [0, 0.05) is 4.90 Å². The van der Waals surface area contributed by atoms with Crippen LogP contribution in [0.15, 0.2) is 29.2 Å². The fourth-order valence-corrected chi connectivity index (χ4v) is 2.96. The first kappa shape index (κ1) is 15.4. The summed E-state index contributed by atoms with van der Waals surface area (Å²) in [5.74, 6) is 1.54. The zero-order chi connectivity index (χ0) is 13.1. The van der Waals surface area contributed by atoms with Gasteiger partial charge in [-0.15, -0.1) is 11.8 Å². The molecule has 0 saturated carbocycles. The quantitative estimate of drug-likeness (QED) is 0.438. The largest absolute Gasteiger partial charge is 0.508 e. The molecule has 102 valence electrons. The van der Waals surface area contributed by atoms with E-state index in [9.17, 15) is 5.11 Å². The topological polar surface area (TPSA) is 20.2 Å². The number of unbranched alkanes of at least 4 members (excludes halogenated alkanes) is 7. The molecule has 0 aliphatic carbocycles. The predicted molar refractivity (Wildman–Crippen MR) is 81.4 cm³/mol. The van der Waals surface area contributed by atoms with Crippen molar-refractivity contribution in [3.05, 3.63) is 24.3 Å². The number of phenols is 1. The number of hydrogen-bond donors (Lipinski definition) is 1.